The maximum Gasteiger partial charge on any atom is 0.407 e. The molecule has 36 heavy (non-hydrogen) atoms. The molecule has 1 aliphatic heterocycles. The van der Waals surface area contributed by atoms with Gasteiger partial charge in [0.05, 0.1) is 10.9 Å². The largest absolute Gasteiger partial charge is 0.490 e. The predicted octanol–water partition coefficient (Wildman–Crippen LogP) is 4.46. The number of pyridine rings is 1. The van der Waals surface area contributed by atoms with Crippen LogP contribution in [0.2, 0.25) is 0 Å². The van der Waals surface area contributed by atoms with E-state index in [-0.39, 0.29) is 22.6 Å². The van der Waals surface area contributed by atoms with E-state index in [9.17, 15) is 23.1 Å². The van der Waals surface area contributed by atoms with Gasteiger partial charge in [-0.3, -0.25) is 9.36 Å². The van der Waals surface area contributed by atoms with E-state index in [2.05, 4.69) is 6.92 Å². The highest BCUT2D eigenvalue weighted by molar-refractivity contribution is 7.90. The molecule has 8 nitrogen and oxygen atoms in total. The Bertz CT molecular complexity index is 1380. The van der Waals surface area contributed by atoms with Gasteiger partial charge >= 0.3 is 6.09 Å². The number of ether oxygens (including phenoxy) is 1. The van der Waals surface area contributed by atoms with Crippen LogP contribution in [0.3, 0.4) is 0 Å². The molecule has 2 atom stereocenters. The number of hydrogen-bond donors (Lipinski definition) is 1. The van der Waals surface area contributed by atoms with E-state index in [0.717, 1.165) is 24.7 Å². The predicted molar refractivity (Wildman–Crippen MR) is 137 cm³/mol. The maximum absolute atomic E-state index is 12.8. The highest BCUT2D eigenvalue weighted by Crippen LogP contribution is 2.33. The number of amides is 1. The van der Waals surface area contributed by atoms with Crippen LogP contribution in [-0.2, 0) is 16.3 Å². The lowest BCUT2D eigenvalue weighted by Crippen LogP contribution is -2.43. The minimum Gasteiger partial charge on any atom is -0.490 e. The first-order valence-corrected chi connectivity index (χ1v) is 13.8. The van der Waals surface area contributed by atoms with Crippen LogP contribution in [0.15, 0.2) is 76.6 Å². The number of nitrogens with zero attached hydrogens (tertiary/aromatic N) is 2. The van der Waals surface area contributed by atoms with Crippen LogP contribution in [0.25, 0.3) is 5.69 Å². The van der Waals surface area contributed by atoms with Crippen molar-refractivity contribution in [2.24, 2.45) is 0 Å². The Labute approximate surface area is 210 Å². The zero-order valence-corrected chi connectivity index (χ0v) is 21.1. The van der Waals surface area contributed by atoms with Gasteiger partial charge in [-0.1, -0.05) is 37.6 Å². The van der Waals surface area contributed by atoms with Gasteiger partial charge in [0.25, 0.3) is 5.56 Å². The number of carboxylic acid groups (broad SMARTS) is 1. The van der Waals surface area contributed by atoms with Crippen molar-refractivity contribution in [3.05, 3.63) is 88.3 Å². The van der Waals surface area contributed by atoms with Crippen LogP contribution in [-0.4, -0.2) is 48.0 Å². The monoisotopic (exact) mass is 510 g/mol. The molecule has 9 heteroatoms. The van der Waals surface area contributed by atoms with Crippen LogP contribution < -0.4 is 10.3 Å². The van der Waals surface area contributed by atoms with Gasteiger partial charge in [0.2, 0.25) is 0 Å². The van der Waals surface area contributed by atoms with Gasteiger partial charge < -0.3 is 14.7 Å². The van der Waals surface area contributed by atoms with Gasteiger partial charge in [0, 0.05) is 43.6 Å². The second kappa shape index (κ2) is 10.6. The molecule has 1 aromatic heterocycles. The quantitative estimate of drug-likeness (QED) is 0.503. The summed E-state index contributed by atoms with van der Waals surface area (Å²) < 4.78 is 30.9. The third-order valence-corrected chi connectivity index (χ3v) is 7.57. The van der Waals surface area contributed by atoms with E-state index < -0.39 is 15.9 Å². The molecule has 3 aromatic rings. The van der Waals surface area contributed by atoms with E-state index in [1.165, 1.54) is 33.2 Å². The lowest BCUT2D eigenvalue weighted by molar-refractivity contribution is 0.0538. The van der Waals surface area contributed by atoms with Crippen molar-refractivity contribution in [2.45, 2.75) is 49.6 Å². The Balaban J connectivity index is 1.50. The summed E-state index contributed by atoms with van der Waals surface area (Å²) in [6.45, 7) is 2.46. The lowest BCUT2D eigenvalue weighted by atomic mass is 9.92. The molecule has 2 unspecified atom stereocenters. The van der Waals surface area contributed by atoms with Crippen molar-refractivity contribution in [1.82, 2.24) is 9.47 Å². The molecule has 1 fully saturated rings. The fourth-order valence-corrected chi connectivity index (χ4v) is 5.20. The summed E-state index contributed by atoms with van der Waals surface area (Å²) in [6, 6.07) is 16.9. The first-order valence-electron chi connectivity index (χ1n) is 11.9. The molecule has 1 saturated heterocycles. The standard InChI is InChI=1S/C27H30N2O6S/c1-3-4-19-5-7-20(8-6-19)25-17-22(14-16-29(25)27(31)32)35-23-13-15-28(26(30)18-23)21-9-11-24(12-10-21)36(2,33)34/h5-13,15,18,22,25H,3-4,14,16-17H2,1-2H3,(H,31,32). The molecular formula is C27H30N2O6S. The van der Waals surface area contributed by atoms with Crippen molar-refractivity contribution < 1.29 is 23.1 Å². The third kappa shape index (κ3) is 5.79. The van der Waals surface area contributed by atoms with Crippen molar-refractivity contribution in [3.63, 3.8) is 0 Å². The van der Waals surface area contributed by atoms with Crippen LogP contribution in [0.4, 0.5) is 4.79 Å². The summed E-state index contributed by atoms with van der Waals surface area (Å²) in [5.74, 6) is 0.412. The molecule has 0 radical (unpaired) electrons. The zero-order valence-electron chi connectivity index (χ0n) is 20.3. The molecule has 2 aromatic carbocycles. The Morgan fingerprint density at radius 1 is 1.08 bits per heavy atom. The molecule has 0 bridgehead atoms. The summed E-state index contributed by atoms with van der Waals surface area (Å²) in [5.41, 5.74) is 2.38. The van der Waals surface area contributed by atoms with Gasteiger partial charge in [-0.15, -0.1) is 0 Å². The SMILES string of the molecule is CCCc1ccc(C2CC(Oc3ccn(-c4ccc(S(C)(=O)=O)cc4)c(=O)c3)CCN2C(=O)O)cc1. The van der Waals surface area contributed by atoms with E-state index in [1.807, 2.05) is 24.3 Å². The lowest BCUT2D eigenvalue weighted by Gasteiger charge is -2.38. The molecule has 4 rings (SSSR count). The molecule has 1 amide bonds. The molecule has 1 aliphatic rings. The Morgan fingerprint density at radius 3 is 2.36 bits per heavy atom. The van der Waals surface area contributed by atoms with E-state index in [4.69, 9.17) is 4.74 Å². The number of hydrogen-bond acceptors (Lipinski definition) is 5. The van der Waals surface area contributed by atoms with Crippen molar-refractivity contribution in [3.8, 4) is 11.4 Å². The summed E-state index contributed by atoms with van der Waals surface area (Å²) in [4.78, 5) is 26.3. The van der Waals surface area contributed by atoms with Crippen molar-refractivity contribution >= 4 is 15.9 Å². The Kier molecular flexibility index (Phi) is 7.49. The van der Waals surface area contributed by atoms with Gasteiger partial charge in [0.1, 0.15) is 11.9 Å². The summed E-state index contributed by atoms with van der Waals surface area (Å²) in [5, 5.41) is 9.73. The summed E-state index contributed by atoms with van der Waals surface area (Å²) in [7, 11) is -3.32. The van der Waals surface area contributed by atoms with Gasteiger partial charge in [0.15, 0.2) is 9.84 Å². The van der Waals surface area contributed by atoms with Crippen molar-refractivity contribution in [1.29, 1.82) is 0 Å². The summed E-state index contributed by atoms with van der Waals surface area (Å²) in [6.07, 6.45) is 4.54. The van der Waals surface area contributed by atoms with Crippen LogP contribution in [0.5, 0.6) is 5.75 Å². The number of piperidine rings is 1. The average molecular weight is 511 g/mol. The molecule has 0 aliphatic carbocycles. The second-order valence-corrected chi connectivity index (χ2v) is 11.1. The Morgan fingerprint density at radius 2 is 1.78 bits per heavy atom. The second-order valence-electron chi connectivity index (χ2n) is 9.08. The number of rotatable bonds is 7. The van der Waals surface area contributed by atoms with Gasteiger partial charge in [-0.25, -0.2) is 13.2 Å². The van der Waals surface area contributed by atoms with E-state index in [1.54, 1.807) is 24.4 Å². The number of benzene rings is 2. The van der Waals surface area contributed by atoms with E-state index in [0.29, 0.717) is 30.8 Å². The highest BCUT2D eigenvalue weighted by Gasteiger charge is 2.33. The molecular weight excluding hydrogens is 480 g/mol. The number of carbonyl (C=O) groups is 1. The topological polar surface area (TPSA) is 106 Å². The molecule has 1 N–H and O–H groups in total. The normalized spacial score (nSPS) is 18.1. The summed E-state index contributed by atoms with van der Waals surface area (Å²) >= 11 is 0. The molecule has 190 valence electrons. The molecule has 2 heterocycles. The number of sulfone groups is 1. The van der Waals surface area contributed by atoms with E-state index >= 15 is 0 Å². The highest BCUT2D eigenvalue weighted by atomic mass is 32.2. The fraction of sp³-hybridized carbons (Fsp3) is 0.333. The number of aromatic nitrogens is 1. The average Bonchev–Trinajstić information content (AvgIpc) is 2.84. The maximum atomic E-state index is 12.8. The van der Waals surface area contributed by atoms with Gasteiger partial charge in [-0.05, 0) is 47.9 Å². The van der Waals surface area contributed by atoms with Crippen LogP contribution in [0, 0.1) is 0 Å². The van der Waals surface area contributed by atoms with Crippen LogP contribution >= 0.6 is 0 Å². The number of likely N-dealkylation sites (tertiary alicyclic amines) is 1. The number of aryl methyl sites for hydroxylation is 1. The molecule has 0 saturated carbocycles. The Hall–Kier alpha value is -3.59. The fourth-order valence-electron chi connectivity index (χ4n) is 4.57. The minimum atomic E-state index is -3.32. The van der Waals surface area contributed by atoms with Crippen molar-refractivity contribution in [2.75, 3.05) is 12.8 Å². The third-order valence-electron chi connectivity index (χ3n) is 6.44. The molecule has 0 spiro atoms. The first kappa shape index (κ1) is 25.5. The first-order chi connectivity index (χ1) is 17.2. The smallest absolute Gasteiger partial charge is 0.407 e. The minimum absolute atomic E-state index is 0.182. The van der Waals surface area contributed by atoms with Crippen LogP contribution in [0.1, 0.15) is 43.4 Å². The van der Waals surface area contributed by atoms with Gasteiger partial charge in [-0.2, -0.15) is 0 Å². The zero-order chi connectivity index (χ0) is 25.9.